The number of benzene rings is 1. The molecule has 0 aromatic heterocycles. The molecule has 0 fully saturated rings. The lowest BCUT2D eigenvalue weighted by molar-refractivity contribution is 0.0975. The first-order valence-corrected chi connectivity index (χ1v) is 5.68. The van der Waals surface area contributed by atoms with E-state index in [4.69, 9.17) is 11.6 Å². The van der Waals surface area contributed by atoms with Gasteiger partial charge in [0, 0.05) is 22.9 Å². The van der Waals surface area contributed by atoms with Crippen LogP contribution in [0.5, 0.6) is 0 Å². The molecule has 1 unspecified atom stereocenters. The van der Waals surface area contributed by atoms with Crippen molar-refractivity contribution >= 4 is 17.4 Å². The molecule has 0 saturated heterocycles. The van der Waals surface area contributed by atoms with Crippen LogP contribution in [0, 0.1) is 5.92 Å². The molecule has 2 rings (SSSR count). The molecule has 1 aromatic carbocycles. The van der Waals surface area contributed by atoms with Crippen molar-refractivity contribution in [2.75, 3.05) is 0 Å². The Morgan fingerprint density at radius 3 is 2.88 bits per heavy atom. The van der Waals surface area contributed by atoms with E-state index in [0.717, 1.165) is 0 Å². The first-order chi connectivity index (χ1) is 7.65. The first kappa shape index (κ1) is 11.2. The molecule has 0 saturated carbocycles. The van der Waals surface area contributed by atoms with Gasteiger partial charge in [-0.1, -0.05) is 47.5 Å². The molecule has 1 nitrogen and oxygen atoms in total. The molecule has 1 atom stereocenters. The number of carbonyl (C=O) groups is 1. The highest BCUT2D eigenvalue weighted by Crippen LogP contribution is 2.21. The topological polar surface area (TPSA) is 17.1 Å². The van der Waals surface area contributed by atoms with Crippen molar-refractivity contribution in [1.82, 2.24) is 0 Å². The standard InChI is InChI=1S/C14H13ClO/c1-10-5-6-11(7-10)8-14(16)12-3-2-4-13(15)9-12/h2-7,9,11H,8H2,1H3. The molecule has 82 valence electrons. The SMILES string of the molecule is CC1=CC(CC(=O)c2cccc(Cl)c2)C=C1. The summed E-state index contributed by atoms with van der Waals surface area (Å²) in [6.07, 6.45) is 6.75. The summed E-state index contributed by atoms with van der Waals surface area (Å²) in [5.41, 5.74) is 1.92. The first-order valence-electron chi connectivity index (χ1n) is 5.30. The van der Waals surface area contributed by atoms with Crippen LogP contribution in [-0.4, -0.2) is 5.78 Å². The third kappa shape index (κ3) is 2.61. The van der Waals surface area contributed by atoms with E-state index >= 15 is 0 Å². The summed E-state index contributed by atoms with van der Waals surface area (Å²) in [7, 11) is 0. The highest BCUT2D eigenvalue weighted by Gasteiger charge is 2.13. The van der Waals surface area contributed by atoms with Crippen molar-refractivity contribution in [1.29, 1.82) is 0 Å². The van der Waals surface area contributed by atoms with Gasteiger partial charge in [0.2, 0.25) is 0 Å². The largest absolute Gasteiger partial charge is 0.294 e. The highest BCUT2D eigenvalue weighted by molar-refractivity contribution is 6.31. The number of Topliss-reactive ketones (excluding diaryl/α,β-unsaturated/α-hetero) is 1. The number of hydrogen-bond acceptors (Lipinski definition) is 1. The van der Waals surface area contributed by atoms with Gasteiger partial charge in [-0.2, -0.15) is 0 Å². The number of rotatable bonds is 3. The van der Waals surface area contributed by atoms with Crippen molar-refractivity contribution in [2.45, 2.75) is 13.3 Å². The fourth-order valence-corrected chi connectivity index (χ4v) is 2.04. The third-order valence-electron chi connectivity index (χ3n) is 2.65. The lowest BCUT2D eigenvalue weighted by Gasteiger charge is -2.04. The Bertz CT molecular complexity index is 471. The number of hydrogen-bond donors (Lipinski definition) is 0. The van der Waals surface area contributed by atoms with Gasteiger partial charge < -0.3 is 0 Å². The van der Waals surface area contributed by atoms with Crippen LogP contribution in [0.4, 0.5) is 0 Å². The van der Waals surface area contributed by atoms with E-state index in [1.165, 1.54) is 5.57 Å². The van der Waals surface area contributed by atoms with Crippen LogP contribution in [0.3, 0.4) is 0 Å². The average molecular weight is 233 g/mol. The molecule has 0 radical (unpaired) electrons. The maximum atomic E-state index is 11.9. The van der Waals surface area contributed by atoms with Crippen molar-refractivity contribution in [3.05, 3.63) is 58.7 Å². The van der Waals surface area contributed by atoms with Gasteiger partial charge in [0.05, 0.1) is 0 Å². The minimum atomic E-state index is 0.142. The van der Waals surface area contributed by atoms with Crippen molar-refractivity contribution < 1.29 is 4.79 Å². The summed E-state index contributed by atoms with van der Waals surface area (Å²) < 4.78 is 0. The molecule has 0 heterocycles. The summed E-state index contributed by atoms with van der Waals surface area (Å²) in [5.74, 6) is 0.384. The third-order valence-corrected chi connectivity index (χ3v) is 2.89. The quantitative estimate of drug-likeness (QED) is 0.719. The maximum Gasteiger partial charge on any atom is 0.163 e. The molecule has 1 aliphatic carbocycles. The zero-order chi connectivity index (χ0) is 11.5. The van der Waals surface area contributed by atoms with Crippen molar-refractivity contribution in [2.24, 2.45) is 5.92 Å². The Labute approximate surface area is 100 Å². The fourth-order valence-electron chi connectivity index (χ4n) is 1.84. The predicted octanol–water partition coefficient (Wildman–Crippen LogP) is 4.05. The Morgan fingerprint density at radius 1 is 1.44 bits per heavy atom. The fraction of sp³-hybridized carbons (Fsp3) is 0.214. The van der Waals surface area contributed by atoms with Crippen LogP contribution < -0.4 is 0 Å². The Morgan fingerprint density at radius 2 is 2.25 bits per heavy atom. The van der Waals surface area contributed by atoms with E-state index in [0.29, 0.717) is 17.0 Å². The van der Waals surface area contributed by atoms with Crippen LogP contribution in [0.25, 0.3) is 0 Å². The van der Waals surface area contributed by atoms with E-state index in [1.807, 2.05) is 13.0 Å². The van der Waals surface area contributed by atoms with Crippen LogP contribution in [0.15, 0.2) is 48.1 Å². The van der Waals surface area contributed by atoms with E-state index in [-0.39, 0.29) is 11.7 Å². The minimum absolute atomic E-state index is 0.142. The average Bonchev–Trinajstić information content (AvgIpc) is 2.64. The van der Waals surface area contributed by atoms with Gasteiger partial charge in [-0.05, 0) is 19.1 Å². The molecule has 16 heavy (non-hydrogen) atoms. The molecular weight excluding hydrogens is 220 g/mol. The van der Waals surface area contributed by atoms with Gasteiger partial charge in [0.1, 0.15) is 0 Å². The minimum Gasteiger partial charge on any atom is -0.294 e. The van der Waals surface area contributed by atoms with Crippen LogP contribution in [-0.2, 0) is 0 Å². The molecule has 0 spiro atoms. The molecular formula is C14H13ClO. The number of allylic oxidation sites excluding steroid dienone is 4. The Hall–Kier alpha value is -1.34. The summed E-state index contributed by atoms with van der Waals surface area (Å²) in [6, 6.07) is 7.11. The summed E-state index contributed by atoms with van der Waals surface area (Å²) in [6.45, 7) is 2.04. The summed E-state index contributed by atoms with van der Waals surface area (Å²) >= 11 is 5.85. The molecule has 1 aliphatic rings. The smallest absolute Gasteiger partial charge is 0.163 e. The highest BCUT2D eigenvalue weighted by atomic mass is 35.5. The molecule has 2 heteroatoms. The maximum absolute atomic E-state index is 11.9. The lowest BCUT2D eigenvalue weighted by Crippen LogP contribution is -2.04. The number of ketones is 1. The van der Waals surface area contributed by atoms with Crippen LogP contribution in [0.2, 0.25) is 5.02 Å². The van der Waals surface area contributed by atoms with E-state index in [9.17, 15) is 4.79 Å². The van der Waals surface area contributed by atoms with Crippen molar-refractivity contribution in [3.8, 4) is 0 Å². The molecule has 1 aromatic rings. The van der Waals surface area contributed by atoms with Gasteiger partial charge in [0.25, 0.3) is 0 Å². The van der Waals surface area contributed by atoms with Gasteiger partial charge in [-0.25, -0.2) is 0 Å². The zero-order valence-electron chi connectivity index (χ0n) is 9.11. The van der Waals surface area contributed by atoms with E-state index in [2.05, 4.69) is 18.2 Å². The molecule has 0 bridgehead atoms. The second-order valence-corrected chi connectivity index (χ2v) is 4.51. The van der Waals surface area contributed by atoms with Crippen LogP contribution >= 0.6 is 11.6 Å². The normalized spacial score (nSPS) is 18.6. The zero-order valence-corrected chi connectivity index (χ0v) is 9.87. The molecule has 0 amide bonds. The predicted molar refractivity (Wildman–Crippen MR) is 66.8 cm³/mol. The second-order valence-electron chi connectivity index (χ2n) is 4.07. The molecule has 0 N–H and O–H groups in total. The molecule has 0 aliphatic heterocycles. The number of carbonyl (C=O) groups excluding carboxylic acids is 1. The van der Waals surface area contributed by atoms with E-state index in [1.54, 1.807) is 18.2 Å². The van der Waals surface area contributed by atoms with Gasteiger partial charge in [-0.3, -0.25) is 4.79 Å². The second kappa shape index (κ2) is 4.67. The van der Waals surface area contributed by atoms with Crippen molar-refractivity contribution in [3.63, 3.8) is 0 Å². The summed E-state index contributed by atoms with van der Waals surface area (Å²) in [5, 5.41) is 0.611. The Kier molecular flexibility index (Phi) is 3.25. The van der Waals surface area contributed by atoms with E-state index < -0.39 is 0 Å². The monoisotopic (exact) mass is 232 g/mol. The van der Waals surface area contributed by atoms with Crippen LogP contribution in [0.1, 0.15) is 23.7 Å². The van der Waals surface area contributed by atoms with Gasteiger partial charge in [0.15, 0.2) is 5.78 Å². The lowest BCUT2D eigenvalue weighted by atomic mass is 9.99. The van der Waals surface area contributed by atoms with Gasteiger partial charge >= 0.3 is 0 Å². The van der Waals surface area contributed by atoms with Gasteiger partial charge in [-0.15, -0.1) is 0 Å². The summed E-state index contributed by atoms with van der Waals surface area (Å²) in [4.78, 5) is 11.9. The Balaban J connectivity index is 2.07. The number of halogens is 1.